The van der Waals surface area contributed by atoms with E-state index in [1.54, 1.807) is 0 Å². The molecule has 0 bridgehead atoms. The number of nitrogens with one attached hydrogen (secondary N) is 1. The van der Waals surface area contributed by atoms with E-state index >= 15 is 0 Å². The van der Waals surface area contributed by atoms with Crippen molar-refractivity contribution >= 4 is 0 Å². The van der Waals surface area contributed by atoms with E-state index in [9.17, 15) is 0 Å². The summed E-state index contributed by atoms with van der Waals surface area (Å²) >= 11 is 0. The van der Waals surface area contributed by atoms with Gasteiger partial charge in [-0.3, -0.25) is 4.90 Å². The van der Waals surface area contributed by atoms with Crippen molar-refractivity contribution in [2.75, 3.05) is 19.6 Å². The molecule has 2 nitrogen and oxygen atoms in total. The summed E-state index contributed by atoms with van der Waals surface area (Å²) < 4.78 is 0. The van der Waals surface area contributed by atoms with E-state index in [2.05, 4.69) is 10.2 Å². The maximum atomic E-state index is 3.91. The number of nitrogens with zero attached hydrogens (tertiary/aromatic N) is 1. The molecule has 0 aromatic rings. The fraction of sp³-hybridized carbons (Fsp3) is 1.00. The third-order valence-corrected chi connectivity index (χ3v) is 5.78. The summed E-state index contributed by atoms with van der Waals surface area (Å²) in [4.78, 5) is 2.89. The predicted molar refractivity (Wildman–Crippen MR) is 81.5 cm³/mol. The Bertz CT molecular complexity index is 262. The van der Waals surface area contributed by atoms with Gasteiger partial charge in [0.15, 0.2) is 0 Å². The van der Waals surface area contributed by atoms with Crippen LogP contribution in [0.1, 0.15) is 77.0 Å². The summed E-state index contributed by atoms with van der Waals surface area (Å²) in [5.41, 5.74) is 0.499. The minimum Gasteiger partial charge on any atom is -0.310 e. The van der Waals surface area contributed by atoms with E-state index in [1.807, 2.05) is 0 Å². The van der Waals surface area contributed by atoms with Crippen LogP contribution in [0.2, 0.25) is 0 Å². The minimum absolute atomic E-state index is 0.499. The maximum absolute atomic E-state index is 3.91. The third kappa shape index (κ3) is 3.52. The van der Waals surface area contributed by atoms with Crippen molar-refractivity contribution in [2.24, 2.45) is 0 Å². The Morgan fingerprint density at radius 3 is 2.21 bits per heavy atom. The molecule has 1 aliphatic heterocycles. The number of hydrogen-bond donors (Lipinski definition) is 1. The quantitative estimate of drug-likeness (QED) is 0.777. The molecule has 1 N–H and O–H groups in total. The van der Waals surface area contributed by atoms with Gasteiger partial charge >= 0.3 is 0 Å². The van der Waals surface area contributed by atoms with E-state index in [1.165, 1.54) is 96.7 Å². The van der Waals surface area contributed by atoms with Crippen LogP contribution in [0.3, 0.4) is 0 Å². The van der Waals surface area contributed by atoms with Crippen LogP contribution in [-0.4, -0.2) is 36.1 Å². The Balaban J connectivity index is 1.63. The first-order chi connectivity index (χ1) is 9.38. The van der Waals surface area contributed by atoms with Gasteiger partial charge in [-0.15, -0.1) is 0 Å². The summed E-state index contributed by atoms with van der Waals surface area (Å²) in [5.74, 6) is 0. The Hall–Kier alpha value is -0.0800. The van der Waals surface area contributed by atoms with Gasteiger partial charge in [0.25, 0.3) is 0 Å². The molecule has 0 atom stereocenters. The van der Waals surface area contributed by atoms with Crippen LogP contribution >= 0.6 is 0 Å². The highest BCUT2D eigenvalue weighted by Crippen LogP contribution is 2.33. The highest BCUT2D eigenvalue weighted by atomic mass is 15.2. The fourth-order valence-corrected chi connectivity index (χ4v) is 4.66. The molecule has 1 saturated heterocycles. The lowest BCUT2D eigenvalue weighted by Crippen LogP contribution is -2.51. The van der Waals surface area contributed by atoms with E-state index < -0.39 is 0 Å². The second-order valence-electron chi connectivity index (χ2n) is 7.24. The van der Waals surface area contributed by atoms with Crippen molar-refractivity contribution in [3.05, 3.63) is 0 Å². The lowest BCUT2D eigenvalue weighted by atomic mass is 9.92. The zero-order valence-electron chi connectivity index (χ0n) is 12.6. The lowest BCUT2D eigenvalue weighted by molar-refractivity contribution is 0.134. The van der Waals surface area contributed by atoms with Crippen LogP contribution in [0.4, 0.5) is 0 Å². The van der Waals surface area contributed by atoms with Gasteiger partial charge in [-0.05, 0) is 45.2 Å². The molecule has 0 aromatic carbocycles. The molecule has 0 aromatic heterocycles. The highest BCUT2D eigenvalue weighted by Gasteiger charge is 2.37. The van der Waals surface area contributed by atoms with Gasteiger partial charge < -0.3 is 5.32 Å². The van der Waals surface area contributed by atoms with Gasteiger partial charge in [0.2, 0.25) is 0 Å². The van der Waals surface area contributed by atoms with E-state index in [-0.39, 0.29) is 0 Å². The molecule has 0 radical (unpaired) electrons. The van der Waals surface area contributed by atoms with Crippen molar-refractivity contribution in [2.45, 2.75) is 88.6 Å². The van der Waals surface area contributed by atoms with Gasteiger partial charge in [-0.25, -0.2) is 0 Å². The zero-order valence-corrected chi connectivity index (χ0v) is 12.6. The standard InChI is InChI=1S/C17H32N2/c1-2-4-9-16(10-5-3-1)19-14-8-13-18-17(15-19)11-6-7-12-17/h16,18H,1-15H2. The van der Waals surface area contributed by atoms with E-state index in [0.29, 0.717) is 5.54 Å². The minimum atomic E-state index is 0.499. The van der Waals surface area contributed by atoms with Crippen molar-refractivity contribution in [3.63, 3.8) is 0 Å². The number of hydrogen-bond acceptors (Lipinski definition) is 2. The largest absolute Gasteiger partial charge is 0.310 e. The van der Waals surface area contributed by atoms with Crippen LogP contribution in [0.5, 0.6) is 0 Å². The first kappa shape index (κ1) is 13.9. The molecule has 3 fully saturated rings. The summed E-state index contributed by atoms with van der Waals surface area (Å²) in [6.07, 6.45) is 17.4. The summed E-state index contributed by atoms with van der Waals surface area (Å²) in [7, 11) is 0. The summed E-state index contributed by atoms with van der Waals surface area (Å²) in [6, 6.07) is 0.901. The molecule has 0 amide bonds. The Morgan fingerprint density at radius 2 is 1.47 bits per heavy atom. The number of rotatable bonds is 1. The topological polar surface area (TPSA) is 15.3 Å². The Kier molecular flexibility index (Phi) is 4.81. The van der Waals surface area contributed by atoms with Gasteiger partial charge in [0, 0.05) is 18.1 Å². The molecule has 1 spiro atoms. The van der Waals surface area contributed by atoms with Crippen molar-refractivity contribution in [1.29, 1.82) is 0 Å². The smallest absolute Gasteiger partial charge is 0.0308 e. The van der Waals surface area contributed by atoms with Crippen LogP contribution in [-0.2, 0) is 0 Å². The lowest BCUT2D eigenvalue weighted by Gasteiger charge is -2.38. The Morgan fingerprint density at radius 1 is 0.789 bits per heavy atom. The molecular weight excluding hydrogens is 232 g/mol. The van der Waals surface area contributed by atoms with Crippen LogP contribution < -0.4 is 5.32 Å². The third-order valence-electron chi connectivity index (χ3n) is 5.78. The summed E-state index contributed by atoms with van der Waals surface area (Å²) in [6.45, 7) is 3.94. The second-order valence-corrected chi connectivity index (χ2v) is 7.24. The molecule has 2 saturated carbocycles. The maximum Gasteiger partial charge on any atom is 0.0308 e. The predicted octanol–water partition coefficient (Wildman–Crippen LogP) is 3.71. The SMILES string of the molecule is C1CCCC(N2CCCNC3(CCCC3)C2)CCC1. The molecule has 110 valence electrons. The van der Waals surface area contributed by atoms with E-state index in [4.69, 9.17) is 0 Å². The first-order valence-corrected chi connectivity index (χ1v) is 8.87. The average Bonchev–Trinajstić information content (AvgIpc) is 2.71. The van der Waals surface area contributed by atoms with Crippen molar-refractivity contribution in [3.8, 4) is 0 Å². The molecule has 19 heavy (non-hydrogen) atoms. The van der Waals surface area contributed by atoms with Gasteiger partial charge in [0.05, 0.1) is 0 Å². The molecule has 0 unspecified atom stereocenters. The van der Waals surface area contributed by atoms with Crippen molar-refractivity contribution in [1.82, 2.24) is 10.2 Å². The van der Waals surface area contributed by atoms with Gasteiger partial charge in [-0.2, -0.15) is 0 Å². The first-order valence-electron chi connectivity index (χ1n) is 8.87. The van der Waals surface area contributed by atoms with Gasteiger partial charge in [-0.1, -0.05) is 44.9 Å². The molecule has 3 aliphatic rings. The molecule has 2 aliphatic carbocycles. The highest BCUT2D eigenvalue weighted by molar-refractivity contribution is 4.98. The normalized spacial score (nSPS) is 30.9. The molecule has 2 heteroatoms. The average molecular weight is 264 g/mol. The summed E-state index contributed by atoms with van der Waals surface area (Å²) in [5, 5.41) is 3.91. The fourth-order valence-electron chi connectivity index (χ4n) is 4.66. The molecule has 1 heterocycles. The molecule has 3 rings (SSSR count). The zero-order chi connectivity index (χ0) is 13.0. The van der Waals surface area contributed by atoms with Crippen LogP contribution in [0, 0.1) is 0 Å². The second kappa shape index (κ2) is 6.58. The van der Waals surface area contributed by atoms with Crippen LogP contribution in [0.25, 0.3) is 0 Å². The Labute approximate surface area is 119 Å². The van der Waals surface area contributed by atoms with Gasteiger partial charge in [0.1, 0.15) is 0 Å². The van der Waals surface area contributed by atoms with E-state index in [0.717, 1.165) is 6.04 Å². The monoisotopic (exact) mass is 264 g/mol. The van der Waals surface area contributed by atoms with Crippen LogP contribution in [0.15, 0.2) is 0 Å². The van der Waals surface area contributed by atoms with Crippen molar-refractivity contribution < 1.29 is 0 Å². The molecular formula is C17H32N2.